The van der Waals surface area contributed by atoms with Crippen molar-refractivity contribution in [2.45, 2.75) is 24.9 Å². The lowest BCUT2D eigenvalue weighted by Crippen LogP contribution is -2.41. The van der Waals surface area contributed by atoms with Crippen molar-refractivity contribution in [2.24, 2.45) is 0 Å². The van der Waals surface area contributed by atoms with Crippen molar-refractivity contribution in [1.29, 1.82) is 0 Å². The Morgan fingerprint density at radius 3 is 2.94 bits per heavy atom. The number of aliphatic carboxylic acids is 1. The van der Waals surface area contributed by atoms with Crippen molar-refractivity contribution in [1.82, 2.24) is 0 Å². The number of methoxy groups -OCH3 is 1. The predicted molar refractivity (Wildman–Crippen MR) is 63.4 cm³/mol. The second kappa shape index (κ2) is 4.18. The molecule has 0 saturated carbocycles. The summed E-state index contributed by atoms with van der Waals surface area (Å²) in [5, 5.41) is 9.39. The zero-order valence-corrected chi connectivity index (χ0v) is 10.6. The fourth-order valence-corrected chi connectivity index (χ4v) is 2.93. The summed E-state index contributed by atoms with van der Waals surface area (Å²) in [7, 11) is 1.46. The van der Waals surface area contributed by atoms with Crippen LogP contribution in [0.15, 0.2) is 22.7 Å². The number of halogens is 1. The number of benzene rings is 1. The van der Waals surface area contributed by atoms with Crippen molar-refractivity contribution >= 4 is 21.9 Å². The maximum atomic E-state index is 11.4. The van der Waals surface area contributed by atoms with Crippen molar-refractivity contribution in [3.05, 3.63) is 33.8 Å². The maximum Gasteiger partial charge on any atom is 0.340 e. The highest BCUT2D eigenvalue weighted by molar-refractivity contribution is 9.10. The molecule has 1 atom stereocenters. The molecule has 0 aliphatic heterocycles. The molecule has 0 saturated heterocycles. The molecule has 2 rings (SSSR count). The zero-order chi connectivity index (χ0) is 11.8. The van der Waals surface area contributed by atoms with E-state index in [9.17, 15) is 9.90 Å². The van der Waals surface area contributed by atoms with Gasteiger partial charge in [0.1, 0.15) is 0 Å². The van der Waals surface area contributed by atoms with Crippen molar-refractivity contribution in [2.75, 3.05) is 7.11 Å². The van der Waals surface area contributed by atoms with Crippen LogP contribution in [0, 0.1) is 0 Å². The van der Waals surface area contributed by atoms with Crippen LogP contribution in [0.5, 0.6) is 0 Å². The van der Waals surface area contributed by atoms with E-state index in [0.717, 1.165) is 28.4 Å². The number of carbonyl (C=O) groups is 1. The third-order valence-corrected chi connectivity index (χ3v) is 3.95. The Labute approximate surface area is 103 Å². The van der Waals surface area contributed by atoms with E-state index in [1.165, 1.54) is 7.11 Å². The molecule has 86 valence electrons. The fraction of sp³-hybridized carbons (Fsp3) is 0.417. The number of rotatable bonds is 2. The van der Waals surface area contributed by atoms with Gasteiger partial charge in [0.25, 0.3) is 0 Å². The van der Waals surface area contributed by atoms with E-state index in [2.05, 4.69) is 15.9 Å². The highest BCUT2D eigenvalue weighted by Crippen LogP contribution is 2.40. The minimum Gasteiger partial charge on any atom is -0.479 e. The Balaban J connectivity index is 2.63. The first-order valence-corrected chi connectivity index (χ1v) is 5.97. The van der Waals surface area contributed by atoms with Gasteiger partial charge in [-0.2, -0.15) is 0 Å². The van der Waals surface area contributed by atoms with Crippen LogP contribution in [-0.2, 0) is 21.6 Å². The predicted octanol–water partition coefficient (Wildman–Crippen LogP) is 2.71. The van der Waals surface area contributed by atoms with Gasteiger partial charge in [-0.05, 0) is 36.5 Å². The van der Waals surface area contributed by atoms with Gasteiger partial charge in [0.05, 0.1) is 0 Å². The van der Waals surface area contributed by atoms with E-state index in [1.807, 2.05) is 18.2 Å². The topological polar surface area (TPSA) is 46.5 Å². The summed E-state index contributed by atoms with van der Waals surface area (Å²) in [5.74, 6) is -0.908. The third-order valence-electron chi connectivity index (χ3n) is 3.20. The average Bonchev–Trinajstić information content (AvgIpc) is 2.28. The molecular weight excluding hydrogens is 272 g/mol. The smallest absolute Gasteiger partial charge is 0.340 e. The lowest BCUT2D eigenvalue weighted by Gasteiger charge is -2.34. The summed E-state index contributed by atoms with van der Waals surface area (Å²) in [6.45, 7) is 0. The second-order valence-corrected chi connectivity index (χ2v) is 4.81. The molecule has 3 nitrogen and oxygen atoms in total. The Morgan fingerprint density at radius 1 is 1.56 bits per heavy atom. The summed E-state index contributed by atoms with van der Waals surface area (Å²) in [5.41, 5.74) is 0.665. The third kappa shape index (κ3) is 1.57. The first-order valence-electron chi connectivity index (χ1n) is 5.18. The largest absolute Gasteiger partial charge is 0.479 e. The van der Waals surface area contributed by atoms with Crippen LogP contribution in [0.4, 0.5) is 0 Å². The van der Waals surface area contributed by atoms with Gasteiger partial charge in [-0.1, -0.05) is 28.1 Å². The summed E-state index contributed by atoms with van der Waals surface area (Å²) < 4.78 is 6.27. The number of carboxylic acid groups (broad SMARTS) is 1. The SMILES string of the molecule is COC1(C(=O)O)CCCc2c(Br)cccc21. The summed E-state index contributed by atoms with van der Waals surface area (Å²) in [4.78, 5) is 11.4. The van der Waals surface area contributed by atoms with Gasteiger partial charge in [-0.15, -0.1) is 0 Å². The molecule has 1 aliphatic carbocycles. The molecular formula is C12H13BrO3. The Morgan fingerprint density at radius 2 is 2.31 bits per heavy atom. The molecule has 1 aromatic carbocycles. The maximum absolute atomic E-state index is 11.4. The molecule has 0 heterocycles. The lowest BCUT2D eigenvalue weighted by molar-refractivity contribution is -0.165. The van der Waals surface area contributed by atoms with Gasteiger partial charge in [0.2, 0.25) is 0 Å². The van der Waals surface area contributed by atoms with Crippen molar-refractivity contribution < 1.29 is 14.6 Å². The Hall–Kier alpha value is -0.870. The van der Waals surface area contributed by atoms with E-state index in [0.29, 0.717) is 6.42 Å². The molecule has 0 fully saturated rings. The molecule has 4 heteroatoms. The standard InChI is InChI=1S/C12H13BrO3/c1-16-12(11(14)15)7-3-4-8-9(12)5-2-6-10(8)13/h2,5-6H,3-4,7H2,1H3,(H,14,15). The minimum absolute atomic E-state index is 0.530. The molecule has 0 aromatic heterocycles. The van der Waals surface area contributed by atoms with Gasteiger partial charge in [0, 0.05) is 11.6 Å². The first-order chi connectivity index (χ1) is 7.62. The Kier molecular flexibility index (Phi) is 3.04. The van der Waals surface area contributed by atoms with Crippen LogP contribution in [0.3, 0.4) is 0 Å². The molecule has 0 amide bonds. The number of hydrogen-bond donors (Lipinski definition) is 1. The molecule has 1 N–H and O–H groups in total. The Bertz CT molecular complexity index is 430. The first kappa shape index (κ1) is 11.6. The zero-order valence-electron chi connectivity index (χ0n) is 9.00. The number of ether oxygens (including phenoxy) is 1. The lowest BCUT2D eigenvalue weighted by atomic mass is 9.79. The fourth-order valence-electron chi connectivity index (χ4n) is 2.36. The highest BCUT2D eigenvalue weighted by atomic mass is 79.9. The van der Waals surface area contributed by atoms with Gasteiger partial charge in [0.15, 0.2) is 5.60 Å². The van der Waals surface area contributed by atoms with Gasteiger partial charge >= 0.3 is 5.97 Å². The monoisotopic (exact) mass is 284 g/mol. The highest BCUT2D eigenvalue weighted by Gasteiger charge is 2.44. The molecule has 0 radical (unpaired) electrons. The molecule has 16 heavy (non-hydrogen) atoms. The number of fused-ring (bicyclic) bond motifs is 1. The van der Waals surface area contributed by atoms with E-state index in [4.69, 9.17) is 4.74 Å². The molecule has 0 bridgehead atoms. The van der Waals surface area contributed by atoms with Crippen LogP contribution in [0.1, 0.15) is 24.0 Å². The van der Waals surface area contributed by atoms with E-state index in [1.54, 1.807) is 0 Å². The van der Waals surface area contributed by atoms with E-state index >= 15 is 0 Å². The van der Waals surface area contributed by atoms with Gasteiger partial charge in [-0.25, -0.2) is 4.79 Å². The summed E-state index contributed by atoms with van der Waals surface area (Å²) >= 11 is 3.46. The van der Waals surface area contributed by atoms with Crippen molar-refractivity contribution in [3.8, 4) is 0 Å². The number of hydrogen-bond acceptors (Lipinski definition) is 2. The van der Waals surface area contributed by atoms with E-state index in [-0.39, 0.29) is 0 Å². The quantitative estimate of drug-likeness (QED) is 0.908. The van der Waals surface area contributed by atoms with Gasteiger partial charge < -0.3 is 9.84 Å². The molecule has 1 aromatic rings. The van der Waals surface area contributed by atoms with Crippen molar-refractivity contribution in [3.63, 3.8) is 0 Å². The normalized spacial score (nSPS) is 23.9. The van der Waals surface area contributed by atoms with E-state index < -0.39 is 11.6 Å². The molecule has 1 aliphatic rings. The van der Waals surface area contributed by atoms with Gasteiger partial charge in [-0.3, -0.25) is 0 Å². The van der Waals surface area contributed by atoms with Crippen LogP contribution >= 0.6 is 15.9 Å². The molecule has 1 unspecified atom stereocenters. The van der Waals surface area contributed by atoms with Crippen LogP contribution in [0.25, 0.3) is 0 Å². The summed E-state index contributed by atoms with van der Waals surface area (Å²) in [6, 6.07) is 5.63. The summed E-state index contributed by atoms with van der Waals surface area (Å²) in [6.07, 6.45) is 2.26. The minimum atomic E-state index is -1.17. The molecule has 0 spiro atoms. The van der Waals surface area contributed by atoms with Crippen LogP contribution in [-0.4, -0.2) is 18.2 Å². The second-order valence-electron chi connectivity index (χ2n) is 3.96. The van der Waals surface area contributed by atoms with Crippen LogP contribution < -0.4 is 0 Å². The number of carboxylic acids is 1. The van der Waals surface area contributed by atoms with Crippen LogP contribution in [0.2, 0.25) is 0 Å². The average molecular weight is 285 g/mol.